The minimum atomic E-state index is 0.580. The van der Waals surface area contributed by atoms with Crippen molar-refractivity contribution >= 4 is 54.1 Å². The first kappa shape index (κ1) is 39.6. The molecule has 312 valence electrons. The summed E-state index contributed by atoms with van der Waals surface area (Å²) in [5.41, 5.74) is 14.3. The molecule has 0 radical (unpaired) electrons. The van der Waals surface area contributed by atoms with Gasteiger partial charge in [-0.3, -0.25) is 0 Å². The highest BCUT2D eigenvalue weighted by Crippen LogP contribution is 2.48. The van der Waals surface area contributed by atoms with Crippen molar-refractivity contribution < 1.29 is 0 Å². The van der Waals surface area contributed by atoms with E-state index in [1.807, 2.05) is 97.1 Å². The van der Waals surface area contributed by atoms with Crippen LogP contribution in [0.5, 0.6) is 0 Å². The summed E-state index contributed by atoms with van der Waals surface area (Å²) in [6.45, 7) is 0. The van der Waals surface area contributed by atoms with E-state index in [0.29, 0.717) is 22.3 Å². The van der Waals surface area contributed by atoms with Crippen LogP contribution in [0.1, 0.15) is 22.3 Å². The van der Waals surface area contributed by atoms with Gasteiger partial charge in [-0.25, -0.2) is 0 Å². The van der Waals surface area contributed by atoms with Gasteiger partial charge in [-0.2, -0.15) is 21.0 Å². The maximum absolute atomic E-state index is 9.84. The Morgan fingerprint density at radius 3 is 0.868 bits per heavy atom. The van der Waals surface area contributed by atoms with Gasteiger partial charge in [0.2, 0.25) is 0 Å². The summed E-state index contributed by atoms with van der Waals surface area (Å²) >= 11 is 0. The lowest BCUT2D eigenvalue weighted by atomic mass is 9.93. The molecule has 0 aliphatic carbocycles. The van der Waals surface area contributed by atoms with Crippen LogP contribution in [0, 0.1) is 45.3 Å². The first-order valence-electron chi connectivity index (χ1n) is 22.2. The molecule has 12 aromatic rings. The molecule has 68 heavy (non-hydrogen) atoms. The fourth-order valence-electron chi connectivity index (χ4n) is 10.2. The molecule has 6 heteroatoms. The van der Waals surface area contributed by atoms with Crippen molar-refractivity contribution in [2.45, 2.75) is 0 Å². The monoisotopic (exact) mass is 862 g/mol. The smallest absolute Gasteiger partial charge is 0.0991 e. The number of para-hydroxylation sites is 2. The number of rotatable bonds is 6. The van der Waals surface area contributed by atoms with Gasteiger partial charge in [0.25, 0.3) is 0 Å². The number of hydrogen-bond donors (Lipinski definition) is 0. The molecule has 0 bridgehead atoms. The van der Waals surface area contributed by atoms with E-state index in [2.05, 4.69) is 143 Å². The molecular formula is C62H34N6. The zero-order valence-corrected chi connectivity index (χ0v) is 36.3. The predicted molar refractivity (Wildman–Crippen MR) is 273 cm³/mol. The van der Waals surface area contributed by atoms with E-state index < -0.39 is 0 Å². The highest BCUT2D eigenvalue weighted by Gasteiger charge is 2.26. The van der Waals surface area contributed by atoms with Gasteiger partial charge >= 0.3 is 0 Å². The van der Waals surface area contributed by atoms with Crippen LogP contribution in [0.2, 0.25) is 0 Å². The second-order valence-corrected chi connectivity index (χ2v) is 16.9. The van der Waals surface area contributed by atoms with E-state index in [1.54, 1.807) is 0 Å². The van der Waals surface area contributed by atoms with Crippen LogP contribution < -0.4 is 0 Å². The maximum Gasteiger partial charge on any atom is 0.0991 e. The highest BCUT2D eigenvalue weighted by atomic mass is 15.0. The number of nitriles is 4. The lowest BCUT2D eigenvalue weighted by molar-refractivity contribution is 1.15. The fourth-order valence-corrected chi connectivity index (χ4v) is 10.2. The summed E-state index contributed by atoms with van der Waals surface area (Å²) in [6.07, 6.45) is 0. The molecule has 0 saturated heterocycles. The number of benzene rings is 10. The molecule has 0 saturated carbocycles. The number of nitrogens with zero attached hydrogens (tertiary/aromatic N) is 6. The van der Waals surface area contributed by atoms with Crippen LogP contribution in [-0.4, -0.2) is 9.13 Å². The molecule has 0 spiro atoms. The van der Waals surface area contributed by atoms with Crippen LogP contribution in [0.4, 0.5) is 0 Å². The normalized spacial score (nSPS) is 11.2. The molecule has 0 unspecified atom stereocenters. The minimum Gasteiger partial charge on any atom is -0.308 e. The van der Waals surface area contributed by atoms with Crippen molar-refractivity contribution in [2.75, 3.05) is 0 Å². The van der Waals surface area contributed by atoms with E-state index in [0.717, 1.165) is 110 Å². The molecule has 0 aliphatic rings. The number of fused-ring (bicyclic) bond motifs is 7. The van der Waals surface area contributed by atoms with Gasteiger partial charge < -0.3 is 9.13 Å². The van der Waals surface area contributed by atoms with Gasteiger partial charge in [0.05, 0.1) is 80.3 Å². The summed E-state index contributed by atoms with van der Waals surface area (Å²) < 4.78 is 4.75. The van der Waals surface area contributed by atoms with Gasteiger partial charge in [0, 0.05) is 32.7 Å². The minimum absolute atomic E-state index is 0.580. The molecule has 2 heterocycles. The summed E-state index contributed by atoms with van der Waals surface area (Å²) in [5, 5.41) is 47.8. The lowest BCUT2D eigenvalue weighted by Gasteiger charge is -2.21. The first-order valence-corrected chi connectivity index (χ1v) is 22.2. The second-order valence-electron chi connectivity index (χ2n) is 16.9. The molecule has 0 aliphatic heterocycles. The Balaban J connectivity index is 1.21. The largest absolute Gasteiger partial charge is 0.308 e. The SMILES string of the molecule is N#Cc1ccc(-c2c(-c3ccc(C#N)cc3)n(-c3cc4c5ccccc5c(-n5c(-c6ccc(C#N)cc6)c(-c6ccc(C#N)cc6)c6ccccc65)cc4c4ccccc34)c3ccccc23)cc1. The van der Waals surface area contributed by atoms with Crippen molar-refractivity contribution in [2.24, 2.45) is 0 Å². The third-order valence-electron chi connectivity index (χ3n) is 13.3. The standard InChI is InChI=1S/C62H34N6/c63-35-39-17-25-43(26-18-39)59-51-13-5-7-15-55(51)67(61(59)45-29-21-41(37-65)22-30-45)57-34-54-48-10-2-4-12-50(48)58(33-53(54)47-9-1-3-11-49(47)57)68-56-16-8-6-14-52(56)60(44-27-19-40(36-64)20-28-44)62(68)46-31-23-42(38-66)24-32-46/h1-34H. The molecule has 6 nitrogen and oxygen atoms in total. The Bertz CT molecular complexity index is 3930. The summed E-state index contributed by atoms with van der Waals surface area (Å²) in [6, 6.07) is 79.2. The van der Waals surface area contributed by atoms with Gasteiger partial charge in [0.1, 0.15) is 0 Å². The summed E-state index contributed by atoms with van der Waals surface area (Å²) in [4.78, 5) is 0. The fraction of sp³-hybridized carbons (Fsp3) is 0. The molecule has 12 rings (SSSR count). The van der Waals surface area contributed by atoms with Crippen molar-refractivity contribution in [1.29, 1.82) is 21.0 Å². The number of aromatic nitrogens is 2. The Labute approximate surface area is 391 Å². The Morgan fingerprint density at radius 1 is 0.265 bits per heavy atom. The average molecular weight is 863 g/mol. The van der Waals surface area contributed by atoms with Gasteiger partial charge in [0.15, 0.2) is 0 Å². The zero-order chi connectivity index (χ0) is 45.9. The molecule has 10 aromatic carbocycles. The van der Waals surface area contributed by atoms with Crippen molar-refractivity contribution in [3.8, 4) is 80.4 Å². The topological polar surface area (TPSA) is 105 Å². The lowest BCUT2D eigenvalue weighted by Crippen LogP contribution is -2.02. The van der Waals surface area contributed by atoms with Crippen molar-refractivity contribution in [1.82, 2.24) is 9.13 Å². The van der Waals surface area contributed by atoms with Gasteiger partial charge in [-0.05, 0) is 117 Å². The Hall–Kier alpha value is -9.98. The van der Waals surface area contributed by atoms with Crippen LogP contribution in [0.25, 0.3) is 110 Å². The first-order chi connectivity index (χ1) is 33.6. The second kappa shape index (κ2) is 15.9. The van der Waals surface area contributed by atoms with E-state index in [9.17, 15) is 21.0 Å². The van der Waals surface area contributed by atoms with Crippen molar-refractivity contribution in [3.05, 3.63) is 229 Å². The highest BCUT2D eigenvalue weighted by molar-refractivity contribution is 6.23. The van der Waals surface area contributed by atoms with Crippen LogP contribution in [-0.2, 0) is 0 Å². The molecule has 0 atom stereocenters. The van der Waals surface area contributed by atoms with E-state index >= 15 is 0 Å². The van der Waals surface area contributed by atoms with Gasteiger partial charge in [-0.1, -0.05) is 133 Å². The van der Waals surface area contributed by atoms with Crippen molar-refractivity contribution in [3.63, 3.8) is 0 Å². The third-order valence-corrected chi connectivity index (χ3v) is 13.3. The average Bonchev–Trinajstić information content (AvgIpc) is 3.94. The summed E-state index contributed by atoms with van der Waals surface area (Å²) in [7, 11) is 0. The Morgan fingerprint density at radius 2 is 0.544 bits per heavy atom. The van der Waals surface area contributed by atoms with Crippen LogP contribution in [0.3, 0.4) is 0 Å². The maximum atomic E-state index is 9.84. The predicted octanol–water partition coefficient (Wildman–Crippen LogP) is 15.2. The third kappa shape index (κ3) is 6.15. The number of hydrogen-bond acceptors (Lipinski definition) is 4. The zero-order valence-electron chi connectivity index (χ0n) is 36.3. The van der Waals surface area contributed by atoms with Crippen LogP contribution in [0.15, 0.2) is 206 Å². The molecule has 0 fully saturated rings. The van der Waals surface area contributed by atoms with E-state index in [-0.39, 0.29) is 0 Å². The van der Waals surface area contributed by atoms with Crippen LogP contribution >= 0.6 is 0 Å². The Kier molecular flexibility index (Phi) is 9.27. The molecule has 2 aromatic heterocycles. The van der Waals surface area contributed by atoms with E-state index in [4.69, 9.17) is 0 Å². The quantitative estimate of drug-likeness (QED) is 0.155. The molecule has 0 amide bonds. The molecule has 0 N–H and O–H groups in total. The van der Waals surface area contributed by atoms with E-state index in [1.165, 1.54) is 0 Å². The molecular weight excluding hydrogens is 829 g/mol. The van der Waals surface area contributed by atoms with Gasteiger partial charge in [-0.15, -0.1) is 0 Å². The summed E-state index contributed by atoms with van der Waals surface area (Å²) in [5.74, 6) is 0.